The molecule has 1 aliphatic rings. The Balaban J connectivity index is 2.09. The topological polar surface area (TPSA) is 41.6 Å². The average molecular weight is 318 g/mol. The Bertz CT molecular complexity index is 522. The summed E-state index contributed by atoms with van der Waals surface area (Å²) in [5.41, 5.74) is 2.34. The van der Waals surface area contributed by atoms with Crippen LogP contribution >= 0.6 is 0 Å². The van der Waals surface area contributed by atoms with Crippen molar-refractivity contribution in [3.63, 3.8) is 0 Å². The lowest BCUT2D eigenvalue weighted by molar-refractivity contribution is -0.126. The first-order valence-electron chi connectivity index (χ1n) is 8.48. The van der Waals surface area contributed by atoms with Crippen LogP contribution in [-0.4, -0.2) is 45.2 Å². The number of amides is 1. The normalized spacial score (nSPS) is 18.1. The first kappa shape index (κ1) is 18.0. The van der Waals surface area contributed by atoms with Crippen LogP contribution in [0.2, 0.25) is 0 Å². The molecule has 0 saturated heterocycles. The van der Waals surface area contributed by atoms with Crippen LogP contribution in [0.15, 0.2) is 24.3 Å². The monoisotopic (exact) mass is 318 g/mol. The van der Waals surface area contributed by atoms with Gasteiger partial charge in [-0.15, -0.1) is 0 Å². The van der Waals surface area contributed by atoms with Crippen molar-refractivity contribution in [3.05, 3.63) is 35.4 Å². The van der Waals surface area contributed by atoms with Gasteiger partial charge in [-0.2, -0.15) is 0 Å². The molecule has 2 rings (SSSR count). The summed E-state index contributed by atoms with van der Waals surface area (Å²) in [6, 6.07) is 7.85. The van der Waals surface area contributed by atoms with E-state index in [2.05, 4.69) is 18.3 Å². The van der Waals surface area contributed by atoms with Crippen LogP contribution in [0.25, 0.3) is 0 Å². The van der Waals surface area contributed by atoms with Gasteiger partial charge in [0.1, 0.15) is 6.04 Å². The number of likely N-dealkylation sites (N-methyl/N-ethyl adjacent to an activating group) is 1. The van der Waals surface area contributed by atoms with Crippen LogP contribution in [0.3, 0.4) is 0 Å². The summed E-state index contributed by atoms with van der Waals surface area (Å²) in [5.74, 6) is 0.0756. The lowest BCUT2D eigenvalue weighted by atomic mass is 9.87. The van der Waals surface area contributed by atoms with Crippen LogP contribution in [-0.2, 0) is 9.53 Å². The fourth-order valence-electron chi connectivity index (χ4n) is 3.72. The number of methoxy groups -OCH3 is 1. The van der Waals surface area contributed by atoms with E-state index in [1.165, 1.54) is 12.8 Å². The molecule has 1 saturated carbocycles. The van der Waals surface area contributed by atoms with Gasteiger partial charge in [-0.1, -0.05) is 37.1 Å². The van der Waals surface area contributed by atoms with E-state index in [0.717, 1.165) is 30.6 Å². The maximum atomic E-state index is 12.8. The maximum Gasteiger partial charge on any atom is 0.241 e. The van der Waals surface area contributed by atoms with Gasteiger partial charge in [-0.3, -0.25) is 9.69 Å². The SMILES string of the molecule is COCC1(CNC(=O)[C@H](c2ccccc2C)N(C)C)CCCC1. The molecule has 4 heteroatoms. The summed E-state index contributed by atoms with van der Waals surface area (Å²) in [4.78, 5) is 14.8. The van der Waals surface area contributed by atoms with Gasteiger partial charge >= 0.3 is 0 Å². The highest BCUT2D eigenvalue weighted by Gasteiger charge is 2.35. The number of nitrogens with zero attached hydrogens (tertiary/aromatic N) is 1. The van der Waals surface area contributed by atoms with Gasteiger partial charge in [0.15, 0.2) is 0 Å². The molecule has 1 aromatic rings. The summed E-state index contributed by atoms with van der Waals surface area (Å²) < 4.78 is 5.41. The highest BCUT2D eigenvalue weighted by atomic mass is 16.5. The van der Waals surface area contributed by atoms with Crippen LogP contribution in [0.1, 0.15) is 42.9 Å². The van der Waals surface area contributed by atoms with Crippen molar-refractivity contribution in [2.75, 3.05) is 34.4 Å². The van der Waals surface area contributed by atoms with E-state index >= 15 is 0 Å². The Kier molecular flexibility index (Phi) is 6.19. The third kappa shape index (κ3) is 4.33. The quantitative estimate of drug-likeness (QED) is 0.840. The molecular weight excluding hydrogens is 288 g/mol. The second-order valence-corrected chi connectivity index (χ2v) is 7.08. The fraction of sp³-hybridized carbons (Fsp3) is 0.632. The molecule has 23 heavy (non-hydrogen) atoms. The van der Waals surface area contributed by atoms with E-state index in [1.54, 1.807) is 7.11 Å². The molecule has 1 N–H and O–H groups in total. The summed E-state index contributed by atoms with van der Waals surface area (Å²) in [6.45, 7) is 3.49. The highest BCUT2D eigenvalue weighted by molar-refractivity contribution is 5.83. The zero-order chi connectivity index (χ0) is 16.9. The highest BCUT2D eigenvalue weighted by Crippen LogP contribution is 2.37. The van der Waals surface area contributed by atoms with Crippen molar-refractivity contribution in [1.29, 1.82) is 0 Å². The smallest absolute Gasteiger partial charge is 0.241 e. The molecule has 0 bridgehead atoms. The average Bonchev–Trinajstić information content (AvgIpc) is 2.96. The van der Waals surface area contributed by atoms with Gasteiger partial charge in [0.25, 0.3) is 0 Å². The van der Waals surface area contributed by atoms with E-state index in [-0.39, 0.29) is 17.4 Å². The molecule has 1 amide bonds. The molecule has 0 spiro atoms. The molecule has 1 aliphatic carbocycles. The zero-order valence-corrected chi connectivity index (χ0v) is 14.9. The lowest BCUT2D eigenvalue weighted by Gasteiger charge is -2.31. The predicted octanol–water partition coefficient (Wildman–Crippen LogP) is 2.92. The second-order valence-electron chi connectivity index (χ2n) is 7.08. The minimum absolute atomic E-state index is 0.0756. The van der Waals surface area contributed by atoms with E-state index in [0.29, 0.717) is 6.54 Å². The lowest BCUT2D eigenvalue weighted by Crippen LogP contribution is -2.43. The molecule has 0 radical (unpaired) electrons. The fourth-order valence-corrected chi connectivity index (χ4v) is 3.72. The number of benzene rings is 1. The summed E-state index contributed by atoms with van der Waals surface area (Å²) in [5, 5.41) is 3.20. The van der Waals surface area contributed by atoms with Crippen molar-refractivity contribution in [2.24, 2.45) is 5.41 Å². The van der Waals surface area contributed by atoms with E-state index < -0.39 is 0 Å². The second kappa shape index (κ2) is 7.93. The third-order valence-corrected chi connectivity index (χ3v) is 5.00. The third-order valence-electron chi connectivity index (χ3n) is 5.00. The van der Waals surface area contributed by atoms with Gasteiger partial charge in [0.2, 0.25) is 5.91 Å². The molecular formula is C19H30N2O2. The minimum Gasteiger partial charge on any atom is -0.384 e. The van der Waals surface area contributed by atoms with Crippen LogP contribution < -0.4 is 5.32 Å². The molecule has 0 heterocycles. The Hall–Kier alpha value is -1.39. The van der Waals surface area contributed by atoms with Gasteiger partial charge < -0.3 is 10.1 Å². The Morgan fingerprint density at radius 3 is 2.52 bits per heavy atom. The molecule has 1 aromatic carbocycles. The molecule has 4 nitrogen and oxygen atoms in total. The predicted molar refractivity (Wildman–Crippen MR) is 93.4 cm³/mol. The van der Waals surface area contributed by atoms with E-state index in [4.69, 9.17) is 4.74 Å². The molecule has 1 atom stereocenters. The van der Waals surface area contributed by atoms with Crippen molar-refractivity contribution in [2.45, 2.75) is 38.6 Å². The van der Waals surface area contributed by atoms with Gasteiger partial charge in [-0.05, 0) is 45.0 Å². The van der Waals surface area contributed by atoms with E-state index in [9.17, 15) is 4.79 Å². The van der Waals surface area contributed by atoms with E-state index in [1.807, 2.05) is 37.2 Å². The van der Waals surface area contributed by atoms with Crippen molar-refractivity contribution >= 4 is 5.91 Å². The minimum atomic E-state index is -0.253. The Morgan fingerprint density at radius 2 is 1.96 bits per heavy atom. The number of nitrogens with one attached hydrogen (secondary N) is 1. The summed E-state index contributed by atoms with van der Waals surface area (Å²) in [7, 11) is 5.66. The Labute approximate surface area is 140 Å². The zero-order valence-electron chi connectivity index (χ0n) is 14.9. The van der Waals surface area contributed by atoms with Crippen LogP contribution in [0.5, 0.6) is 0 Å². The van der Waals surface area contributed by atoms with Gasteiger partial charge in [0.05, 0.1) is 6.61 Å². The van der Waals surface area contributed by atoms with Crippen LogP contribution in [0.4, 0.5) is 0 Å². The number of hydrogen-bond donors (Lipinski definition) is 1. The molecule has 0 unspecified atom stereocenters. The van der Waals surface area contributed by atoms with Crippen LogP contribution in [0, 0.1) is 12.3 Å². The number of aryl methyl sites for hydroxylation is 1. The number of carbonyl (C=O) groups is 1. The molecule has 1 fully saturated rings. The van der Waals surface area contributed by atoms with Gasteiger partial charge in [-0.25, -0.2) is 0 Å². The number of ether oxygens (including phenoxy) is 1. The molecule has 128 valence electrons. The standard InChI is InChI=1S/C19H30N2O2/c1-15-9-5-6-10-16(15)17(21(2)3)18(22)20-13-19(14-23-4)11-7-8-12-19/h5-6,9-10,17H,7-8,11-14H2,1-4H3,(H,20,22)/t17-/m0/s1. The Morgan fingerprint density at radius 1 is 1.30 bits per heavy atom. The van der Waals surface area contributed by atoms with Gasteiger partial charge in [0, 0.05) is 19.1 Å². The summed E-state index contributed by atoms with van der Waals surface area (Å²) in [6.07, 6.45) is 4.73. The number of rotatable bonds is 7. The largest absolute Gasteiger partial charge is 0.384 e. The van der Waals surface area contributed by atoms with Crippen molar-refractivity contribution in [1.82, 2.24) is 10.2 Å². The molecule has 0 aliphatic heterocycles. The number of hydrogen-bond acceptors (Lipinski definition) is 3. The first-order valence-corrected chi connectivity index (χ1v) is 8.48. The summed E-state index contributed by atoms with van der Waals surface area (Å²) >= 11 is 0. The van der Waals surface area contributed by atoms with Crippen molar-refractivity contribution < 1.29 is 9.53 Å². The molecule has 0 aromatic heterocycles. The number of carbonyl (C=O) groups excluding carboxylic acids is 1. The van der Waals surface area contributed by atoms with Crippen molar-refractivity contribution in [3.8, 4) is 0 Å². The maximum absolute atomic E-state index is 12.8. The first-order chi connectivity index (χ1) is 11.0.